The molecular formula is C26H29N3O5S. The number of sulfonamides is 1. The Hall–Kier alpha value is -3.85. The number of hydrogen-bond donors (Lipinski definition) is 1. The van der Waals surface area contributed by atoms with Crippen LogP contribution in [0.2, 0.25) is 0 Å². The van der Waals surface area contributed by atoms with Crippen molar-refractivity contribution in [2.45, 2.75) is 24.7 Å². The molecule has 0 saturated heterocycles. The van der Waals surface area contributed by atoms with Crippen molar-refractivity contribution in [2.24, 2.45) is 5.10 Å². The van der Waals surface area contributed by atoms with Gasteiger partial charge in [-0.2, -0.15) is 5.10 Å². The fourth-order valence-electron chi connectivity index (χ4n) is 3.36. The molecule has 0 saturated carbocycles. The van der Waals surface area contributed by atoms with Gasteiger partial charge in [0.15, 0.2) is 0 Å². The van der Waals surface area contributed by atoms with Crippen molar-refractivity contribution in [1.82, 2.24) is 5.43 Å². The van der Waals surface area contributed by atoms with Crippen molar-refractivity contribution in [3.63, 3.8) is 0 Å². The number of amides is 1. The summed E-state index contributed by atoms with van der Waals surface area (Å²) in [6.07, 6.45) is 1.44. The number of hydrogen-bond acceptors (Lipinski definition) is 6. The molecule has 0 radical (unpaired) electrons. The summed E-state index contributed by atoms with van der Waals surface area (Å²) < 4.78 is 38.6. The van der Waals surface area contributed by atoms with Crippen molar-refractivity contribution in [3.8, 4) is 11.5 Å². The van der Waals surface area contributed by atoms with Gasteiger partial charge in [0.1, 0.15) is 18.0 Å². The van der Waals surface area contributed by atoms with Gasteiger partial charge in [-0.05, 0) is 61.7 Å². The van der Waals surface area contributed by atoms with Crippen LogP contribution in [0.4, 0.5) is 5.69 Å². The van der Waals surface area contributed by atoms with E-state index in [4.69, 9.17) is 9.47 Å². The summed E-state index contributed by atoms with van der Waals surface area (Å²) in [6, 6.07) is 22.5. The molecule has 8 nitrogen and oxygen atoms in total. The molecule has 184 valence electrons. The number of rotatable bonds is 11. The lowest BCUT2D eigenvalue weighted by molar-refractivity contribution is -0.119. The lowest BCUT2D eigenvalue weighted by Gasteiger charge is -2.25. The Morgan fingerprint density at radius 3 is 2.23 bits per heavy atom. The lowest BCUT2D eigenvalue weighted by atomic mass is 10.1. The molecular weight excluding hydrogens is 466 g/mol. The Morgan fingerprint density at radius 2 is 1.57 bits per heavy atom. The van der Waals surface area contributed by atoms with Crippen LogP contribution < -0.4 is 19.2 Å². The molecule has 1 N–H and O–H groups in total. The number of hydrazone groups is 1. The summed E-state index contributed by atoms with van der Waals surface area (Å²) >= 11 is 0. The maximum Gasteiger partial charge on any atom is 0.264 e. The van der Waals surface area contributed by atoms with Gasteiger partial charge >= 0.3 is 0 Å². The molecule has 35 heavy (non-hydrogen) atoms. The van der Waals surface area contributed by atoms with Gasteiger partial charge in [0.25, 0.3) is 15.9 Å². The number of carbonyl (C=O) groups is 1. The molecule has 0 aromatic heterocycles. The largest absolute Gasteiger partial charge is 0.497 e. The summed E-state index contributed by atoms with van der Waals surface area (Å²) in [6.45, 7) is 1.33. The number of para-hydroxylation sites is 2. The normalized spacial score (nSPS) is 11.6. The molecule has 0 unspecified atom stereocenters. The first-order valence-corrected chi connectivity index (χ1v) is 12.4. The van der Waals surface area contributed by atoms with Crippen LogP contribution in [0.25, 0.3) is 0 Å². The van der Waals surface area contributed by atoms with Crippen LogP contribution in [0.3, 0.4) is 0 Å². The summed E-state index contributed by atoms with van der Waals surface area (Å²) in [4.78, 5) is 12.8. The Bertz CT molecular complexity index is 1260. The van der Waals surface area contributed by atoms with E-state index in [0.717, 1.165) is 16.4 Å². The first-order chi connectivity index (χ1) is 16.8. The fraction of sp³-hybridized carbons (Fsp3) is 0.231. The monoisotopic (exact) mass is 495 g/mol. The molecule has 3 aromatic carbocycles. The first kappa shape index (κ1) is 25.8. The van der Waals surface area contributed by atoms with Crippen LogP contribution in [0.1, 0.15) is 18.9 Å². The second kappa shape index (κ2) is 12.0. The number of carbonyl (C=O) groups excluding carboxylic acids is 1. The standard InChI is InChI=1S/C26H29N3O5S/c1-20(13-14-21-9-5-4-6-10-21)27-28-26(30)19-29(24-11-7-8-12-25(24)34-3)35(31,32)23-17-15-22(33-2)16-18-23/h4-12,15-18H,13-14,19H2,1-3H3,(H,28,30)/b27-20-. The summed E-state index contributed by atoms with van der Waals surface area (Å²) in [5.74, 6) is 0.262. The molecule has 1 amide bonds. The highest BCUT2D eigenvalue weighted by atomic mass is 32.2. The van der Waals surface area contributed by atoms with Crippen LogP contribution in [0.15, 0.2) is 88.9 Å². The van der Waals surface area contributed by atoms with Crippen molar-refractivity contribution < 1.29 is 22.7 Å². The first-order valence-electron chi connectivity index (χ1n) is 11.0. The Kier molecular flexibility index (Phi) is 8.86. The van der Waals surface area contributed by atoms with Gasteiger partial charge in [-0.3, -0.25) is 9.10 Å². The van der Waals surface area contributed by atoms with Gasteiger partial charge < -0.3 is 9.47 Å². The third-order valence-corrected chi connectivity index (χ3v) is 7.05. The molecule has 0 fully saturated rings. The number of benzene rings is 3. The summed E-state index contributed by atoms with van der Waals surface area (Å²) in [7, 11) is -1.16. The Labute approximate surface area is 206 Å². The van der Waals surface area contributed by atoms with Crippen LogP contribution in [0.5, 0.6) is 11.5 Å². The Balaban J connectivity index is 1.80. The quantitative estimate of drug-likeness (QED) is 0.320. The Morgan fingerprint density at radius 1 is 0.914 bits per heavy atom. The SMILES string of the molecule is COc1ccc(S(=O)(=O)N(CC(=O)N/N=C(/C)CCc2ccccc2)c2ccccc2OC)cc1. The third-order valence-electron chi connectivity index (χ3n) is 5.28. The van der Waals surface area contributed by atoms with E-state index in [9.17, 15) is 13.2 Å². The number of aryl methyl sites for hydroxylation is 1. The highest BCUT2D eigenvalue weighted by molar-refractivity contribution is 7.92. The van der Waals surface area contributed by atoms with E-state index in [1.165, 1.54) is 31.9 Å². The molecule has 3 rings (SSSR count). The predicted octanol–water partition coefficient (Wildman–Crippen LogP) is 4.02. The molecule has 0 aliphatic heterocycles. The minimum Gasteiger partial charge on any atom is -0.497 e. The van der Waals surface area contributed by atoms with Crippen molar-refractivity contribution in [3.05, 3.63) is 84.4 Å². The van der Waals surface area contributed by atoms with E-state index in [0.29, 0.717) is 17.9 Å². The average Bonchev–Trinajstić information content (AvgIpc) is 2.89. The zero-order chi connectivity index (χ0) is 25.3. The van der Waals surface area contributed by atoms with E-state index in [1.54, 1.807) is 36.4 Å². The number of ether oxygens (including phenoxy) is 2. The van der Waals surface area contributed by atoms with Gasteiger partial charge in [-0.1, -0.05) is 42.5 Å². The van der Waals surface area contributed by atoms with E-state index < -0.39 is 22.5 Å². The maximum atomic E-state index is 13.5. The molecule has 0 aliphatic rings. The lowest BCUT2D eigenvalue weighted by Crippen LogP contribution is -2.40. The van der Waals surface area contributed by atoms with Crippen LogP contribution in [-0.2, 0) is 21.2 Å². The van der Waals surface area contributed by atoms with Gasteiger partial charge in [0.05, 0.1) is 24.8 Å². The van der Waals surface area contributed by atoms with Crippen LogP contribution in [-0.4, -0.2) is 40.8 Å². The second-order valence-electron chi connectivity index (χ2n) is 7.73. The molecule has 0 aliphatic carbocycles. The molecule has 0 atom stereocenters. The van der Waals surface area contributed by atoms with Crippen LogP contribution in [0, 0.1) is 0 Å². The van der Waals surface area contributed by atoms with Crippen molar-refractivity contribution >= 4 is 27.3 Å². The number of nitrogens with zero attached hydrogens (tertiary/aromatic N) is 2. The zero-order valence-electron chi connectivity index (χ0n) is 20.0. The predicted molar refractivity (Wildman–Crippen MR) is 137 cm³/mol. The van der Waals surface area contributed by atoms with Gasteiger partial charge in [0.2, 0.25) is 0 Å². The second-order valence-corrected chi connectivity index (χ2v) is 9.59. The van der Waals surface area contributed by atoms with Gasteiger partial charge in [0, 0.05) is 5.71 Å². The minimum absolute atomic E-state index is 0.0135. The number of nitrogens with one attached hydrogen (secondary N) is 1. The minimum atomic E-state index is -4.10. The average molecular weight is 496 g/mol. The molecule has 9 heteroatoms. The third kappa shape index (κ3) is 6.83. The highest BCUT2D eigenvalue weighted by Gasteiger charge is 2.29. The topological polar surface area (TPSA) is 97.3 Å². The summed E-state index contributed by atoms with van der Waals surface area (Å²) in [5, 5.41) is 4.15. The maximum absolute atomic E-state index is 13.5. The summed E-state index contributed by atoms with van der Waals surface area (Å²) in [5.41, 5.74) is 4.62. The highest BCUT2D eigenvalue weighted by Crippen LogP contribution is 2.32. The van der Waals surface area contributed by atoms with Gasteiger partial charge in [-0.15, -0.1) is 0 Å². The fourth-order valence-corrected chi connectivity index (χ4v) is 4.79. The van der Waals surface area contributed by atoms with Crippen LogP contribution >= 0.6 is 0 Å². The number of anilines is 1. The molecule has 0 heterocycles. The molecule has 0 spiro atoms. The number of methoxy groups -OCH3 is 2. The van der Waals surface area contributed by atoms with E-state index >= 15 is 0 Å². The smallest absolute Gasteiger partial charge is 0.264 e. The molecule has 0 bridgehead atoms. The van der Waals surface area contributed by atoms with E-state index in [2.05, 4.69) is 10.5 Å². The van der Waals surface area contributed by atoms with Gasteiger partial charge in [-0.25, -0.2) is 13.8 Å². The molecule has 3 aromatic rings. The van der Waals surface area contributed by atoms with Crippen molar-refractivity contribution in [1.29, 1.82) is 0 Å². The zero-order valence-corrected chi connectivity index (χ0v) is 20.8. The van der Waals surface area contributed by atoms with E-state index in [-0.39, 0.29) is 10.6 Å². The van der Waals surface area contributed by atoms with Crippen molar-refractivity contribution in [2.75, 3.05) is 25.1 Å². The van der Waals surface area contributed by atoms with E-state index in [1.807, 2.05) is 37.3 Å².